The maximum absolute atomic E-state index is 6.41. The van der Waals surface area contributed by atoms with Crippen molar-refractivity contribution in [3.05, 3.63) is 16.4 Å². The number of hydrogen-bond acceptors (Lipinski definition) is 3. The third-order valence-corrected chi connectivity index (χ3v) is 4.71. The summed E-state index contributed by atoms with van der Waals surface area (Å²) in [5.74, 6) is 0.603. The number of nitrogens with zero attached hydrogens (tertiary/aromatic N) is 3. The lowest BCUT2D eigenvalue weighted by Crippen LogP contribution is -2.46. The van der Waals surface area contributed by atoms with E-state index in [-0.39, 0.29) is 0 Å². The first kappa shape index (κ1) is 14.8. The normalized spacial score (nSPS) is 24.9. The molecule has 2 rings (SSSR count). The van der Waals surface area contributed by atoms with E-state index in [4.69, 9.17) is 17.3 Å². The van der Waals surface area contributed by atoms with Crippen molar-refractivity contribution in [2.24, 2.45) is 18.7 Å². The Bertz CT molecular complexity index is 429. The first-order valence-corrected chi connectivity index (χ1v) is 7.62. The van der Waals surface area contributed by atoms with Crippen molar-refractivity contribution in [1.82, 2.24) is 14.7 Å². The molecule has 19 heavy (non-hydrogen) atoms. The molecule has 1 saturated heterocycles. The van der Waals surface area contributed by atoms with E-state index in [1.807, 2.05) is 11.7 Å². The Kier molecular flexibility index (Phi) is 4.87. The fraction of sp³-hybridized carbons (Fsp3) is 0.786. The maximum atomic E-state index is 6.41. The third-order valence-electron chi connectivity index (χ3n) is 4.28. The zero-order chi connectivity index (χ0) is 14.0. The van der Waals surface area contributed by atoms with Crippen LogP contribution in [0.5, 0.6) is 0 Å². The Labute approximate surface area is 120 Å². The zero-order valence-corrected chi connectivity index (χ0v) is 13.0. The van der Waals surface area contributed by atoms with E-state index in [1.165, 1.54) is 0 Å². The van der Waals surface area contributed by atoms with Gasteiger partial charge in [-0.05, 0) is 18.8 Å². The van der Waals surface area contributed by atoms with Gasteiger partial charge >= 0.3 is 0 Å². The van der Waals surface area contributed by atoms with Crippen LogP contribution in [-0.2, 0) is 20.0 Å². The number of nitrogens with two attached hydrogens (primary N) is 1. The fourth-order valence-corrected chi connectivity index (χ4v) is 3.26. The van der Waals surface area contributed by atoms with Gasteiger partial charge in [-0.1, -0.05) is 31.9 Å². The molecule has 1 aromatic heterocycles. The molecule has 1 aliphatic rings. The van der Waals surface area contributed by atoms with E-state index in [2.05, 4.69) is 23.8 Å². The summed E-state index contributed by atoms with van der Waals surface area (Å²) in [6, 6.07) is 0.356. The van der Waals surface area contributed by atoms with Gasteiger partial charge in [0, 0.05) is 32.7 Å². The average molecular weight is 285 g/mol. The second kappa shape index (κ2) is 6.25. The molecule has 1 aliphatic heterocycles. The van der Waals surface area contributed by atoms with Gasteiger partial charge in [-0.3, -0.25) is 9.58 Å². The average Bonchev–Trinajstić information content (AvgIpc) is 2.68. The van der Waals surface area contributed by atoms with Crippen molar-refractivity contribution in [2.75, 3.05) is 13.1 Å². The van der Waals surface area contributed by atoms with Crippen LogP contribution >= 0.6 is 11.6 Å². The summed E-state index contributed by atoms with van der Waals surface area (Å²) in [6.07, 6.45) is 3.11. The summed E-state index contributed by atoms with van der Waals surface area (Å²) in [4.78, 5) is 2.46. The van der Waals surface area contributed by atoms with Gasteiger partial charge in [0.05, 0.1) is 16.4 Å². The number of rotatable bonds is 4. The largest absolute Gasteiger partial charge is 0.327 e. The second-order valence-electron chi connectivity index (χ2n) is 5.54. The molecule has 4 nitrogen and oxygen atoms in total. The molecule has 2 heterocycles. The number of halogens is 1. The van der Waals surface area contributed by atoms with Crippen LogP contribution in [0, 0.1) is 5.92 Å². The minimum absolute atomic E-state index is 0.356. The first-order valence-electron chi connectivity index (χ1n) is 7.24. The van der Waals surface area contributed by atoms with Crippen LogP contribution in [0.3, 0.4) is 0 Å². The maximum Gasteiger partial charge on any atom is 0.0863 e. The molecule has 1 aromatic rings. The third kappa shape index (κ3) is 3.12. The molecule has 0 saturated carbocycles. The summed E-state index contributed by atoms with van der Waals surface area (Å²) in [7, 11) is 1.98. The lowest BCUT2D eigenvalue weighted by molar-refractivity contribution is 0.142. The van der Waals surface area contributed by atoms with Crippen LogP contribution in [0.2, 0.25) is 5.02 Å². The van der Waals surface area contributed by atoms with Crippen molar-refractivity contribution in [3.8, 4) is 0 Å². The summed E-state index contributed by atoms with van der Waals surface area (Å²) in [5, 5.41) is 5.32. The van der Waals surface area contributed by atoms with Gasteiger partial charge in [-0.15, -0.1) is 0 Å². The molecule has 0 spiro atoms. The van der Waals surface area contributed by atoms with Gasteiger partial charge in [0.2, 0.25) is 0 Å². The van der Waals surface area contributed by atoms with Crippen molar-refractivity contribution in [1.29, 1.82) is 0 Å². The molecule has 2 N–H and O–H groups in total. The van der Waals surface area contributed by atoms with Crippen LogP contribution in [0.4, 0.5) is 0 Å². The smallest absolute Gasteiger partial charge is 0.0863 e. The van der Waals surface area contributed by atoms with Gasteiger partial charge in [0.15, 0.2) is 0 Å². The lowest BCUT2D eigenvalue weighted by Gasteiger charge is -2.36. The van der Waals surface area contributed by atoms with Crippen molar-refractivity contribution >= 4 is 11.6 Å². The zero-order valence-electron chi connectivity index (χ0n) is 12.2. The molecule has 0 aliphatic carbocycles. The Morgan fingerprint density at radius 3 is 2.74 bits per heavy atom. The molecular weight excluding hydrogens is 260 g/mol. The molecule has 108 valence electrons. The Morgan fingerprint density at radius 1 is 1.42 bits per heavy atom. The fourth-order valence-electron chi connectivity index (χ4n) is 2.90. The highest BCUT2D eigenvalue weighted by Crippen LogP contribution is 2.25. The molecule has 0 bridgehead atoms. The van der Waals surface area contributed by atoms with Crippen molar-refractivity contribution < 1.29 is 0 Å². The van der Waals surface area contributed by atoms with Gasteiger partial charge < -0.3 is 5.73 Å². The van der Waals surface area contributed by atoms with Crippen LogP contribution in [-0.4, -0.2) is 33.8 Å². The summed E-state index contributed by atoms with van der Waals surface area (Å²) >= 11 is 6.41. The van der Waals surface area contributed by atoms with E-state index >= 15 is 0 Å². The topological polar surface area (TPSA) is 47.1 Å². The molecule has 5 heteroatoms. The van der Waals surface area contributed by atoms with Gasteiger partial charge in [-0.25, -0.2) is 0 Å². The van der Waals surface area contributed by atoms with Crippen molar-refractivity contribution in [3.63, 3.8) is 0 Å². The van der Waals surface area contributed by atoms with Crippen LogP contribution in [0.15, 0.2) is 0 Å². The molecule has 0 aromatic carbocycles. The summed E-state index contributed by atoms with van der Waals surface area (Å²) in [6.45, 7) is 7.32. The van der Waals surface area contributed by atoms with Gasteiger partial charge in [-0.2, -0.15) is 5.10 Å². The first-order chi connectivity index (χ1) is 9.06. The predicted octanol–water partition coefficient (Wildman–Crippen LogP) is 2.20. The highest BCUT2D eigenvalue weighted by Gasteiger charge is 2.26. The molecule has 0 radical (unpaired) electrons. The summed E-state index contributed by atoms with van der Waals surface area (Å²) < 4.78 is 1.93. The molecular formula is C14H25ClN4. The van der Waals surface area contributed by atoms with E-state index < -0.39 is 0 Å². The van der Waals surface area contributed by atoms with E-state index in [9.17, 15) is 0 Å². The summed E-state index contributed by atoms with van der Waals surface area (Å²) in [5.41, 5.74) is 8.29. The van der Waals surface area contributed by atoms with Crippen LogP contribution < -0.4 is 5.73 Å². The lowest BCUT2D eigenvalue weighted by atomic mass is 9.90. The highest BCUT2D eigenvalue weighted by atomic mass is 35.5. The van der Waals surface area contributed by atoms with E-state index in [0.717, 1.165) is 55.3 Å². The SMILES string of the molecule is CCc1nn(C)c(CN2CCC(N)C(CC)C2)c1Cl. The number of hydrogen-bond donors (Lipinski definition) is 1. The number of piperidine rings is 1. The van der Waals surface area contributed by atoms with E-state index in [1.54, 1.807) is 0 Å². The second-order valence-corrected chi connectivity index (χ2v) is 5.92. The van der Waals surface area contributed by atoms with Gasteiger partial charge in [0.25, 0.3) is 0 Å². The molecule has 0 amide bonds. The predicted molar refractivity (Wildman–Crippen MR) is 79.2 cm³/mol. The number of aryl methyl sites for hydroxylation is 2. The minimum atomic E-state index is 0.356. The highest BCUT2D eigenvalue weighted by molar-refractivity contribution is 6.31. The molecule has 1 fully saturated rings. The number of aromatic nitrogens is 2. The quantitative estimate of drug-likeness (QED) is 0.922. The van der Waals surface area contributed by atoms with Gasteiger partial charge in [0.1, 0.15) is 0 Å². The number of likely N-dealkylation sites (tertiary alicyclic amines) is 1. The monoisotopic (exact) mass is 284 g/mol. The van der Waals surface area contributed by atoms with E-state index in [0.29, 0.717) is 12.0 Å². The molecule has 2 unspecified atom stereocenters. The Morgan fingerprint density at radius 2 is 2.16 bits per heavy atom. The van der Waals surface area contributed by atoms with Crippen molar-refractivity contribution in [2.45, 2.75) is 45.7 Å². The molecule has 2 atom stereocenters. The standard InChI is InChI=1S/C14H25ClN4/c1-4-10-8-19(7-6-11(10)16)9-13-14(15)12(5-2)17-18(13)3/h10-11H,4-9,16H2,1-3H3. The van der Waals surface area contributed by atoms with Crippen LogP contribution in [0.1, 0.15) is 38.1 Å². The van der Waals surface area contributed by atoms with Crippen LogP contribution in [0.25, 0.3) is 0 Å². The Hall–Kier alpha value is -0.580. The minimum Gasteiger partial charge on any atom is -0.327 e. The Balaban J connectivity index is 2.07.